The van der Waals surface area contributed by atoms with Gasteiger partial charge in [0.1, 0.15) is 12.4 Å². The van der Waals surface area contributed by atoms with Gasteiger partial charge in [0, 0.05) is 5.56 Å². The molecule has 2 N–H and O–H groups in total. The summed E-state index contributed by atoms with van der Waals surface area (Å²) in [5.74, 6) is -0.649. The molecule has 31 heavy (non-hydrogen) atoms. The van der Waals surface area contributed by atoms with Gasteiger partial charge in [0.15, 0.2) is 17.3 Å². The minimum atomic E-state index is -4.50. The van der Waals surface area contributed by atoms with E-state index in [1.807, 2.05) is 0 Å². The fourth-order valence-electron chi connectivity index (χ4n) is 2.87. The maximum Gasteiger partial charge on any atom is 0.416 e. The number of hydrogen-bond acceptors (Lipinski definition) is 5. The lowest BCUT2D eigenvalue weighted by atomic mass is 10.1. The largest absolute Gasteiger partial charge is 0.485 e. The van der Waals surface area contributed by atoms with Crippen molar-refractivity contribution in [2.24, 2.45) is 0 Å². The molecule has 1 aliphatic heterocycles. The van der Waals surface area contributed by atoms with Gasteiger partial charge in [-0.15, -0.1) is 0 Å². The topological polar surface area (TPSA) is 89.8 Å². The summed E-state index contributed by atoms with van der Waals surface area (Å²) in [6.07, 6.45) is -5.48. The summed E-state index contributed by atoms with van der Waals surface area (Å²) < 4.78 is 54.9. The summed E-state index contributed by atoms with van der Waals surface area (Å²) in [4.78, 5) is 24.5. The highest BCUT2D eigenvalue weighted by Gasteiger charge is 2.31. The molecule has 2 heterocycles. The number of ether oxygens (including phenoxy) is 2. The Balaban J connectivity index is 1.37. The zero-order chi connectivity index (χ0) is 22.0. The van der Waals surface area contributed by atoms with Crippen molar-refractivity contribution in [2.45, 2.75) is 12.3 Å². The summed E-state index contributed by atoms with van der Waals surface area (Å²) >= 11 is 0. The molecular weight excluding hydrogens is 417 g/mol. The van der Waals surface area contributed by atoms with Crippen molar-refractivity contribution in [3.05, 3.63) is 72.0 Å². The van der Waals surface area contributed by atoms with Crippen LogP contribution in [0.2, 0.25) is 0 Å². The third-order valence-electron chi connectivity index (χ3n) is 4.40. The minimum Gasteiger partial charge on any atom is -0.485 e. The molecule has 1 unspecified atom stereocenters. The Morgan fingerprint density at radius 2 is 1.71 bits per heavy atom. The number of hydrazine groups is 1. The summed E-state index contributed by atoms with van der Waals surface area (Å²) in [6, 6.07) is 14.0. The predicted molar refractivity (Wildman–Crippen MR) is 101 cm³/mol. The summed E-state index contributed by atoms with van der Waals surface area (Å²) in [5, 5.41) is 0. The highest BCUT2D eigenvalue weighted by atomic mass is 19.4. The Hall–Kier alpha value is -3.95. The standard InChI is InChI=1S/C21H15F3N2O5/c22-21(23,24)13-5-3-4-12(10-13)14-8-9-17(30-14)19(27)25-26-20(28)18-11-29-15-6-1-2-7-16(15)31-18/h1-10,18H,11H2,(H,25,27)(H,26,28). The minimum absolute atomic E-state index is 0.0425. The number of halogens is 3. The SMILES string of the molecule is O=C(NNC(=O)C1COc2ccccc2O1)c1ccc(-c2cccc(C(F)(F)F)c2)o1. The van der Waals surface area contributed by atoms with Crippen molar-refractivity contribution in [3.8, 4) is 22.8 Å². The average Bonchev–Trinajstić information content (AvgIpc) is 3.27. The van der Waals surface area contributed by atoms with Crippen LogP contribution in [-0.4, -0.2) is 24.5 Å². The van der Waals surface area contributed by atoms with Gasteiger partial charge in [0.25, 0.3) is 5.91 Å². The van der Waals surface area contributed by atoms with Crippen LogP contribution in [0.15, 0.2) is 65.1 Å². The van der Waals surface area contributed by atoms with Crippen molar-refractivity contribution in [3.63, 3.8) is 0 Å². The number of carbonyl (C=O) groups is 2. The summed E-state index contributed by atoms with van der Waals surface area (Å²) in [7, 11) is 0. The lowest BCUT2D eigenvalue weighted by Crippen LogP contribution is -2.50. The number of alkyl halides is 3. The molecule has 0 aliphatic carbocycles. The number of amides is 2. The molecule has 0 spiro atoms. The van der Waals surface area contributed by atoms with Crippen molar-refractivity contribution < 1.29 is 36.7 Å². The molecule has 0 saturated heterocycles. The van der Waals surface area contributed by atoms with E-state index < -0.39 is 29.7 Å². The van der Waals surface area contributed by atoms with Crippen LogP contribution in [0.4, 0.5) is 13.2 Å². The average molecular weight is 432 g/mol. The van der Waals surface area contributed by atoms with Gasteiger partial charge in [-0.3, -0.25) is 20.4 Å². The van der Waals surface area contributed by atoms with Crippen LogP contribution >= 0.6 is 0 Å². The normalized spacial score (nSPS) is 15.3. The number of rotatable bonds is 3. The fraction of sp³-hybridized carbons (Fsp3) is 0.143. The molecule has 3 aromatic rings. The highest BCUT2D eigenvalue weighted by molar-refractivity contribution is 5.94. The first-order valence-corrected chi connectivity index (χ1v) is 9.07. The molecule has 0 saturated carbocycles. The lowest BCUT2D eigenvalue weighted by molar-refractivity contribution is -0.137. The maximum absolute atomic E-state index is 12.9. The monoisotopic (exact) mass is 432 g/mol. The first-order chi connectivity index (χ1) is 14.8. The van der Waals surface area contributed by atoms with E-state index in [2.05, 4.69) is 10.9 Å². The fourth-order valence-corrected chi connectivity index (χ4v) is 2.87. The number of benzene rings is 2. The third-order valence-corrected chi connectivity index (χ3v) is 4.40. The van der Waals surface area contributed by atoms with Gasteiger partial charge in [0.05, 0.1) is 5.56 Å². The van der Waals surface area contributed by atoms with E-state index >= 15 is 0 Å². The first-order valence-electron chi connectivity index (χ1n) is 9.07. The van der Waals surface area contributed by atoms with Gasteiger partial charge < -0.3 is 13.9 Å². The number of hydrogen-bond donors (Lipinski definition) is 2. The zero-order valence-electron chi connectivity index (χ0n) is 15.7. The molecule has 10 heteroatoms. The van der Waals surface area contributed by atoms with Crippen LogP contribution in [0.5, 0.6) is 11.5 Å². The van der Waals surface area contributed by atoms with Crippen LogP contribution in [-0.2, 0) is 11.0 Å². The van der Waals surface area contributed by atoms with Crippen LogP contribution in [0.3, 0.4) is 0 Å². The molecule has 1 aromatic heterocycles. The summed E-state index contributed by atoms with van der Waals surface area (Å²) in [5.41, 5.74) is 3.70. The Labute approximate surface area is 173 Å². The van der Waals surface area contributed by atoms with E-state index in [0.717, 1.165) is 12.1 Å². The first kappa shape index (κ1) is 20.3. The van der Waals surface area contributed by atoms with Crippen molar-refractivity contribution in [1.82, 2.24) is 10.9 Å². The molecule has 7 nitrogen and oxygen atoms in total. The Morgan fingerprint density at radius 3 is 2.48 bits per heavy atom. The molecule has 1 atom stereocenters. The van der Waals surface area contributed by atoms with Crippen molar-refractivity contribution >= 4 is 11.8 Å². The number of nitrogens with one attached hydrogen (secondary N) is 2. The van der Waals surface area contributed by atoms with Gasteiger partial charge in [-0.1, -0.05) is 24.3 Å². The predicted octanol–water partition coefficient (Wildman–Crippen LogP) is 3.57. The molecule has 2 aromatic carbocycles. The van der Waals surface area contributed by atoms with E-state index in [1.54, 1.807) is 24.3 Å². The van der Waals surface area contributed by atoms with Crippen LogP contribution in [0, 0.1) is 0 Å². The third kappa shape index (κ3) is 4.47. The Bertz CT molecular complexity index is 1130. The van der Waals surface area contributed by atoms with Gasteiger partial charge in [-0.2, -0.15) is 13.2 Å². The zero-order valence-corrected chi connectivity index (χ0v) is 15.7. The molecule has 2 amide bonds. The van der Waals surface area contributed by atoms with Crippen molar-refractivity contribution in [1.29, 1.82) is 0 Å². The Kier molecular flexibility index (Phi) is 5.28. The number of para-hydroxylation sites is 2. The van der Waals surface area contributed by atoms with Gasteiger partial charge in [0.2, 0.25) is 6.10 Å². The van der Waals surface area contributed by atoms with Gasteiger partial charge >= 0.3 is 12.1 Å². The molecule has 0 fully saturated rings. The second-order valence-corrected chi connectivity index (χ2v) is 6.55. The number of furan rings is 1. The molecule has 1 aliphatic rings. The van der Waals surface area contributed by atoms with E-state index in [4.69, 9.17) is 13.9 Å². The number of carbonyl (C=O) groups excluding carboxylic acids is 2. The van der Waals surface area contributed by atoms with Crippen LogP contribution < -0.4 is 20.3 Å². The van der Waals surface area contributed by atoms with E-state index in [1.165, 1.54) is 24.3 Å². The van der Waals surface area contributed by atoms with E-state index in [0.29, 0.717) is 11.5 Å². The molecule has 4 rings (SSSR count). The maximum atomic E-state index is 12.9. The van der Waals surface area contributed by atoms with Crippen LogP contribution in [0.1, 0.15) is 16.1 Å². The van der Waals surface area contributed by atoms with Crippen LogP contribution in [0.25, 0.3) is 11.3 Å². The lowest BCUT2D eigenvalue weighted by Gasteiger charge is -2.25. The Morgan fingerprint density at radius 1 is 0.935 bits per heavy atom. The molecular formula is C21H15F3N2O5. The molecule has 0 radical (unpaired) electrons. The molecule has 160 valence electrons. The van der Waals surface area contributed by atoms with Gasteiger partial charge in [-0.05, 0) is 36.4 Å². The highest BCUT2D eigenvalue weighted by Crippen LogP contribution is 2.33. The second kappa shape index (κ2) is 8.05. The van der Waals surface area contributed by atoms with E-state index in [9.17, 15) is 22.8 Å². The van der Waals surface area contributed by atoms with Crippen molar-refractivity contribution in [2.75, 3.05) is 6.61 Å². The quantitative estimate of drug-likeness (QED) is 0.618. The second-order valence-electron chi connectivity index (χ2n) is 6.55. The molecule has 0 bridgehead atoms. The number of fused-ring (bicyclic) bond motifs is 1. The van der Waals surface area contributed by atoms with E-state index in [-0.39, 0.29) is 23.7 Å². The van der Waals surface area contributed by atoms with Gasteiger partial charge in [-0.25, -0.2) is 0 Å². The summed E-state index contributed by atoms with van der Waals surface area (Å²) in [6.45, 7) is -0.0425. The smallest absolute Gasteiger partial charge is 0.416 e.